The molecule has 41 heavy (non-hydrogen) atoms. The quantitative estimate of drug-likeness (QED) is 0.265. The summed E-state index contributed by atoms with van der Waals surface area (Å²) in [5, 5.41) is 6.12. The Kier molecular flexibility index (Phi) is 8.61. The van der Waals surface area contributed by atoms with Crippen molar-refractivity contribution in [3.8, 4) is 11.5 Å². The molecule has 0 radical (unpaired) electrons. The van der Waals surface area contributed by atoms with Gasteiger partial charge in [-0.25, -0.2) is 14.2 Å². The van der Waals surface area contributed by atoms with E-state index in [1.54, 1.807) is 12.1 Å². The maximum atomic E-state index is 14.5. The van der Waals surface area contributed by atoms with Gasteiger partial charge in [0, 0.05) is 23.4 Å². The van der Waals surface area contributed by atoms with E-state index in [-0.39, 0.29) is 29.9 Å². The summed E-state index contributed by atoms with van der Waals surface area (Å²) in [5.41, 5.74) is 2.26. The third kappa shape index (κ3) is 7.07. The van der Waals surface area contributed by atoms with Crippen molar-refractivity contribution in [2.45, 2.75) is 78.6 Å². The smallest absolute Gasteiger partial charge is 0.347 e. The summed E-state index contributed by atoms with van der Waals surface area (Å²) >= 11 is 0. The maximum Gasteiger partial charge on any atom is 0.347 e. The lowest BCUT2D eigenvalue weighted by Crippen LogP contribution is -2.39. The number of nitrogens with one attached hydrogen (secondary N) is 2. The Morgan fingerprint density at radius 1 is 1.05 bits per heavy atom. The third-order valence-electron chi connectivity index (χ3n) is 7.72. The molecule has 1 saturated carbocycles. The van der Waals surface area contributed by atoms with Crippen molar-refractivity contribution in [2.75, 3.05) is 10.6 Å². The van der Waals surface area contributed by atoms with E-state index in [2.05, 4.69) is 41.4 Å². The molecule has 0 saturated heterocycles. The number of carbonyl (C=O) groups is 1. The molecule has 3 aromatic rings. The average Bonchev–Trinajstić information content (AvgIpc) is 3.35. The van der Waals surface area contributed by atoms with Crippen LogP contribution in [0.15, 0.2) is 48.7 Å². The molecule has 1 aliphatic carbocycles. The van der Waals surface area contributed by atoms with Gasteiger partial charge in [-0.3, -0.25) is 0 Å². The molecule has 0 bridgehead atoms. The van der Waals surface area contributed by atoms with Crippen LogP contribution in [0, 0.1) is 23.6 Å². The van der Waals surface area contributed by atoms with Crippen molar-refractivity contribution in [2.24, 2.45) is 17.8 Å². The molecule has 2 aliphatic rings. The van der Waals surface area contributed by atoms with E-state index in [4.69, 9.17) is 14.2 Å². The molecule has 218 valence electrons. The Balaban J connectivity index is 1.22. The van der Waals surface area contributed by atoms with E-state index < -0.39 is 11.9 Å². The summed E-state index contributed by atoms with van der Waals surface area (Å²) < 4.78 is 32.2. The zero-order valence-electron chi connectivity index (χ0n) is 24.3. The first-order valence-corrected chi connectivity index (χ1v) is 14.5. The number of nitrogens with zero attached hydrogens (tertiary/aromatic N) is 2. The van der Waals surface area contributed by atoms with Crippen molar-refractivity contribution in [1.82, 2.24) is 9.97 Å². The summed E-state index contributed by atoms with van der Waals surface area (Å²) in [6.07, 6.45) is 4.03. The molecule has 2 N–H and O–H groups in total. The van der Waals surface area contributed by atoms with Crippen LogP contribution in [0.4, 0.5) is 27.5 Å². The third-order valence-corrected chi connectivity index (χ3v) is 7.72. The van der Waals surface area contributed by atoms with Crippen LogP contribution in [-0.4, -0.2) is 34.2 Å². The average molecular weight is 563 g/mol. The van der Waals surface area contributed by atoms with Crippen molar-refractivity contribution in [1.29, 1.82) is 0 Å². The highest BCUT2D eigenvalue weighted by Gasteiger charge is 2.37. The van der Waals surface area contributed by atoms with Crippen LogP contribution in [0.2, 0.25) is 0 Å². The van der Waals surface area contributed by atoms with Gasteiger partial charge in [-0.1, -0.05) is 27.2 Å². The van der Waals surface area contributed by atoms with E-state index in [1.165, 1.54) is 6.42 Å². The molecule has 0 amide bonds. The molecular weight excluding hydrogens is 523 g/mol. The number of esters is 1. The second-order valence-corrected chi connectivity index (χ2v) is 11.8. The largest absolute Gasteiger partial charge is 0.491 e. The molecule has 8 nitrogen and oxygen atoms in total. The van der Waals surface area contributed by atoms with Gasteiger partial charge in [-0.2, -0.15) is 4.98 Å². The fourth-order valence-electron chi connectivity index (χ4n) is 5.60. The van der Waals surface area contributed by atoms with Crippen molar-refractivity contribution in [3.63, 3.8) is 0 Å². The zero-order chi connectivity index (χ0) is 29.1. The van der Waals surface area contributed by atoms with Gasteiger partial charge >= 0.3 is 5.97 Å². The standard InChI is InChI=1S/C32H39FN4O4/c1-18(2)25-12-6-20(5)14-28(25)41-31(38)29-16-21-15-23(9-13-27(21)40-29)36-32-34-17-26(33)30(37-32)35-22-7-10-24(11-8-22)39-19(3)4/h7-11,13,15,17-20,25,28-29H,6,12,14,16H2,1-5H3,(H2,34,35,36,37)/t20-,25?,28?,29+/m1/s1. The van der Waals surface area contributed by atoms with E-state index >= 15 is 0 Å². The zero-order valence-corrected chi connectivity index (χ0v) is 24.3. The monoisotopic (exact) mass is 562 g/mol. The van der Waals surface area contributed by atoms with Gasteiger partial charge in [0.1, 0.15) is 17.6 Å². The van der Waals surface area contributed by atoms with Crippen molar-refractivity contribution in [3.05, 3.63) is 60.0 Å². The molecule has 2 heterocycles. The van der Waals surface area contributed by atoms with Gasteiger partial charge in [0.25, 0.3) is 0 Å². The fraction of sp³-hybridized carbons (Fsp3) is 0.469. The van der Waals surface area contributed by atoms with Gasteiger partial charge in [0.05, 0.1) is 12.3 Å². The predicted octanol–water partition coefficient (Wildman–Crippen LogP) is 7.20. The minimum Gasteiger partial charge on any atom is -0.491 e. The van der Waals surface area contributed by atoms with E-state index in [1.807, 2.05) is 44.2 Å². The van der Waals surface area contributed by atoms with Gasteiger partial charge < -0.3 is 24.8 Å². The molecule has 1 aliphatic heterocycles. The second kappa shape index (κ2) is 12.3. The van der Waals surface area contributed by atoms with Crippen LogP contribution >= 0.6 is 0 Å². The molecule has 0 spiro atoms. The number of anilines is 4. The lowest BCUT2D eigenvalue weighted by Gasteiger charge is -2.37. The van der Waals surface area contributed by atoms with E-state index in [9.17, 15) is 9.18 Å². The van der Waals surface area contributed by atoms with E-state index in [0.717, 1.165) is 30.4 Å². The molecular formula is C32H39FN4O4. The number of ether oxygens (including phenoxy) is 3. The van der Waals surface area contributed by atoms with Crippen LogP contribution in [0.3, 0.4) is 0 Å². The number of carbonyl (C=O) groups excluding carboxylic acids is 1. The number of hydrogen-bond donors (Lipinski definition) is 2. The second-order valence-electron chi connectivity index (χ2n) is 11.8. The highest BCUT2D eigenvalue weighted by Crippen LogP contribution is 2.37. The Bertz CT molecular complexity index is 1360. The highest BCUT2D eigenvalue weighted by molar-refractivity contribution is 5.77. The first kappa shape index (κ1) is 28.6. The topological polar surface area (TPSA) is 94.6 Å². The molecule has 1 fully saturated rings. The first-order chi connectivity index (χ1) is 19.6. The molecule has 2 aromatic carbocycles. The minimum absolute atomic E-state index is 0.0454. The van der Waals surface area contributed by atoms with Gasteiger partial charge in [-0.15, -0.1) is 0 Å². The first-order valence-electron chi connectivity index (χ1n) is 14.5. The molecule has 4 atom stereocenters. The van der Waals surface area contributed by atoms with Gasteiger partial charge in [-0.05, 0) is 86.9 Å². The van der Waals surface area contributed by atoms with Crippen molar-refractivity contribution < 1.29 is 23.4 Å². The number of aromatic nitrogens is 2. The van der Waals surface area contributed by atoms with Crippen molar-refractivity contribution >= 4 is 29.1 Å². The van der Waals surface area contributed by atoms with Crippen LogP contribution < -0.4 is 20.1 Å². The molecule has 9 heteroatoms. The maximum absolute atomic E-state index is 14.5. The number of fused-ring (bicyclic) bond motifs is 1. The lowest BCUT2D eigenvalue weighted by atomic mass is 9.75. The number of halogens is 1. The molecule has 1 aromatic heterocycles. The summed E-state index contributed by atoms with van der Waals surface area (Å²) in [5.74, 6) is 2.17. The summed E-state index contributed by atoms with van der Waals surface area (Å²) in [4.78, 5) is 21.5. The SMILES string of the molecule is CC(C)Oc1ccc(Nc2nc(Nc3ccc4c(c3)C[C@@H](C(=O)OC3C[C@H](C)CCC3C(C)C)O4)ncc2F)cc1. The van der Waals surface area contributed by atoms with Crippen LogP contribution in [0.5, 0.6) is 11.5 Å². The summed E-state index contributed by atoms with van der Waals surface area (Å²) in [6.45, 7) is 10.5. The normalized spacial score (nSPS) is 21.8. The number of hydrogen-bond acceptors (Lipinski definition) is 8. The van der Waals surface area contributed by atoms with Crippen LogP contribution in [-0.2, 0) is 16.0 Å². The number of benzene rings is 2. The number of rotatable bonds is 9. The summed E-state index contributed by atoms with van der Waals surface area (Å²) in [6, 6.07) is 12.8. The minimum atomic E-state index is -0.666. The van der Waals surface area contributed by atoms with Crippen LogP contribution in [0.1, 0.15) is 59.4 Å². The Hall–Kier alpha value is -3.88. The lowest BCUT2D eigenvalue weighted by molar-refractivity contribution is -0.163. The Labute approximate surface area is 241 Å². The van der Waals surface area contributed by atoms with E-state index in [0.29, 0.717) is 41.3 Å². The Morgan fingerprint density at radius 3 is 2.54 bits per heavy atom. The highest BCUT2D eigenvalue weighted by atomic mass is 19.1. The molecule has 5 rings (SSSR count). The molecule has 2 unspecified atom stereocenters. The predicted molar refractivity (Wildman–Crippen MR) is 157 cm³/mol. The fourth-order valence-corrected chi connectivity index (χ4v) is 5.60. The van der Waals surface area contributed by atoms with Gasteiger partial charge in [0.15, 0.2) is 17.7 Å². The summed E-state index contributed by atoms with van der Waals surface area (Å²) in [7, 11) is 0. The van der Waals surface area contributed by atoms with Crippen LogP contribution in [0.25, 0.3) is 0 Å². The van der Waals surface area contributed by atoms with Gasteiger partial charge in [0.2, 0.25) is 5.95 Å². The Morgan fingerprint density at radius 2 is 1.80 bits per heavy atom.